The topological polar surface area (TPSA) is 58.3 Å². The van der Waals surface area contributed by atoms with Crippen LogP contribution in [-0.2, 0) is 12.0 Å². The van der Waals surface area contributed by atoms with Crippen LogP contribution < -0.4 is 5.32 Å². The molecule has 0 radical (unpaired) electrons. The van der Waals surface area contributed by atoms with E-state index in [1.54, 1.807) is 18.7 Å². The number of benzene rings is 1. The molecule has 6 nitrogen and oxygen atoms in total. The fourth-order valence-corrected chi connectivity index (χ4v) is 3.97. The van der Waals surface area contributed by atoms with Gasteiger partial charge in [-0.1, -0.05) is 43.3 Å². The molecule has 3 heterocycles. The average molecular weight is 389 g/mol. The number of aromatic nitrogens is 3. The van der Waals surface area contributed by atoms with Crippen LogP contribution in [0.5, 0.6) is 0 Å². The molecule has 29 heavy (non-hydrogen) atoms. The second-order valence-corrected chi connectivity index (χ2v) is 7.72. The van der Waals surface area contributed by atoms with Crippen molar-refractivity contribution < 1.29 is 0 Å². The largest absolute Gasteiger partial charge is 0.357 e. The Labute approximate surface area is 172 Å². The highest BCUT2D eigenvalue weighted by molar-refractivity contribution is 5.80. The zero-order valence-electron chi connectivity index (χ0n) is 17.1. The summed E-state index contributed by atoms with van der Waals surface area (Å²) in [7, 11) is 0. The summed E-state index contributed by atoms with van der Waals surface area (Å²) in [6, 6.07) is 14.8. The predicted octanol–water partition coefficient (Wildman–Crippen LogP) is 3.40. The molecule has 2 aromatic heterocycles. The molecule has 1 aliphatic rings. The van der Waals surface area contributed by atoms with E-state index in [2.05, 4.69) is 70.4 Å². The minimum absolute atomic E-state index is 0.147. The van der Waals surface area contributed by atoms with Gasteiger partial charge >= 0.3 is 0 Å². The molecule has 1 saturated heterocycles. The highest BCUT2D eigenvalue weighted by Gasteiger charge is 2.36. The Morgan fingerprint density at radius 1 is 1.17 bits per heavy atom. The van der Waals surface area contributed by atoms with E-state index >= 15 is 0 Å². The van der Waals surface area contributed by atoms with Gasteiger partial charge < -0.3 is 10.2 Å². The van der Waals surface area contributed by atoms with Gasteiger partial charge in [-0.2, -0.15) is 0 Å². The van der Waals surface area contributed by atoms with Gasteiger partial charge in [0.25, 0.3) is 0 Å². The Balaban J connectivity index is 1.54. The summed E-state index contributed by atoms with van der Waals surface area (Å²) < 4.78 is 1.93. The molecule has 4 rings (SSSR count). The van der Waals surface area contributed by atoms with Crippen LogP contribution in [0.3, 0.4) is 0 Å². The van der Waals surface area contributed by atoms with Crippen molar-refractivity contribution in [2.24, 2.45) is 4.99 Å². The summed E-state index contributed by atoms with van der Waals surface area (Å²) in [6.07, 6.45) is 8.37. The van der Waals surface area contributed by atoms with Gasteiger partial charge in [0, 0.05) is 49.2 Å². The number of rotatable bonds is 5. The van der Waals surface area contributed by atoms with Crippen LogP contribution in [0.2, 0.25) is 0 Å². The Morgan fingerprint density at radius 2 is 2.03 bits per heavy atom. The van der Waals surface area contributed by atoms with Crippen LogP contribution in [0, 0.1) is 0 Å². The number of likely N-dealkylation sites (tertiary alicyclic amines) is 1. The van der Waals surface area contributed by atoms with Crippen molar-refractivity contribution in [1.29, 1.82) is 0 Å². The summed E-state index contributed by atoms with van der Waals surface area (Å²) in [5, 5.41) is 3.47. The number of aliphatic imine (C=N–C) groups is 1. The first kappa shape index (κ1) is 19.2. The van der Waals surface area contributed by atoms with Crippen molar-refractivity contribution in [3.63, 3.8) is 0 Å². The van der Waals surface area contributed by atoms with E-state index in [0.717, 1.165) is 43.4 Å². The van der Waals surface area contributed by atoms with Crippen molar-refractivity contribution >= 4 is 5.96 Å². The number of nitrogens with one attached hydrogen (secondary N) is 1. The lowest BCUT2D eigenvalue weighted by molar-refractivity contribution is 0.438. The maximum atomic E-state index is 4.95. The van der Waals surface area contributed by atoms with Gasteiger partial charge in [0.1, 0.15) is 12.1 Å². The molecule has 0 spiro atoms. The molecule has 0 aliphatic carbocycles. The van der Waals surface area contributed by atoms with E-state index in [1.807, 2.05) is 16.8 Å². The van der Waals surface area contributed by atoms with Crippen LogP contribution in [0.4, 0.5) is 0 Å². The van der Waals surface area contributed by atoms with E-state index < -0.39 is 0 Å². The monoisotopic (exact) mass is 388 g/mol. The van der Waals surface area contributed by atoms with Crippen molar-refractivity contribution in [3.8, 4) is 5.82 Å². The Bertz CT molecular complexity index is 951. The van der Waals surface area contributed by atoms with Crippen molar-refractivity contribution in [2.45, 2.75) is 32.2 Å². The van der Waals surface area contributed by atoms with E-state index in [1.165, 1.54) is 5.56 Å². The molecular formula is C23H28N6. The van der Waals surface area contributed by atoms with E-state index in [-0.39, 0.29) is 5.41 Å². The normalized spacial score (nSPS) is 19.5. The van der Waals surface area contributed by atoms with Gasteiger partial charge in [0.15, 0.2) is 5.96 Å². The fraction of sp³-hybridized carbons (Fsp3) is 0.348. The lowest BCUT2D eigenvalue weighted by atomic mass is 9.82. The van der Waals surface area contributed by atoms with Crippen molar-refractivity contribution in [1.82, 2.24) is 24.8 Å². The number of imidazole rings is 1. The number of hydrogen-bond acceptors (Lipinski definition) is 3. The first-order valence-electron chi connectivity index (χ1n) is 10.2. The minimum atomic E-state index is 0.147. The molecule has 6 heteroatoms. The van der Waals surface area contributed by atoms with Crippen molar-refractivity contribution in [2.75, 3.05) is 19.6 Å². The predicted molar refractivity (Wildman–Crippen MR) is 116 cm³/mol. The SMILES string of the molecule is CCNC(=NCc1cccnc1-n1ccnc1)N1CCC(C)(c2ccccc2)C1. The third-order valence-corrected chi connectivity index (χ3v) is 5.59. The van der Waals surface area contributed by atoms with Crippen molar-refractivity contribution in [3.05, 3.63) is 78.5 Å². The molecular weight excluding hydrogens is 360 g/mol. The van der Waals surface area contributed by atoms with Gasteiger partial charge in [-0.3, -0.25) is 4.57 Å². The lowest BCUT2D eigenvalue weighted by Gasteiger charge is -2.27. The smallest absolute Gasteiger partial charge is 0.194 e. The second kappa shape index (κ2) is 8.47. The third-order valence-electron chi connectivity index (χ3n) is 5.59. The van der Waals surface area contributed by atoms with E-state index in [0.29, 0.717) is 6.54 Å². The van der Waals surface area contributed by atoms with Gasteiger partial charge in [0.05, 0.1) is 6.54 Å². The van der Waals surface area contributed by atoms with Crippen LogP contribution in [0.15, 0.2) is 72.4 Å². The number of guanidine groups is 1. The van der Waals surface area contributed by atoms with Gasteiger partial charge in [-0.15, -0.1) is 0 Å². The first-order valence-corrected chi connectivity index (χ1v) is 10.2. The fourth-order valence-electron chi connectivity index (χ4n) is 3.97. The zero-order valence-corrected chi connectivity index (χ0v) is 17.1. The second-order valence-electron chi connectivity index (χ2n) is 7.72. The Kier molecular flexibility index (Phi) is 5.60. The van der Waals surface area contributed by atoms with E-state index in [4.69, 9.17) is 4.99 Å². The summed E-state index contributed by atoms with van der Waals surface area (Å²) in [6.45, 7) is 7.84. The minimum Gasteiger partial charge on any atom is -0.357 e. The molecule has 1 atom stereocenters. The number of nitrogens with zero attached hydrogens (tertiary/aromatic N) is 5. The van der Waals surface area contributed by atoms with Crippen LogP contribution in [0.25, 0.3) is 5.82 Å². The summed E-state index contributed by atoms with van der Waals surface area (Å²) >= 11 is 0. The maximum Gasteiger partial charge on any atom is 0.194 e. The van der Waals surface area contributed by atoms with Crippen LogP contribution >= 0.6 is 0 Å². The molecule has 1 N–H and O–H groups in total. The lowest BCUT2D eigenvalue weighted by Crippen LogP contribution is -2.41. The molecule has 1 fully saturated rings. The third kappa shape index (κ3) is 4.16. The number of pyridine rings is 1. The highest BCUT2D eigenvalue weighted by atomic mass is 15.3. The molecule has 1 aliphatic heterocycles. The summed E-state index contributed by atoms with van der Waals surface area (Å²) in [5.41, 5.74) is 2.62. The molecule has 150 valence electrons. The summed E-state index contributed by atoms with van der Waals surface area (Å²) in [4.78, 5) is 16.0. The molecule has 0 amide bonds. The van der Waals surface area contributed by atoms with Gasteiger partial charge in [-0.05, 0) is 25.0 Å². The quantitative estimate of drug-likeness (QED) is 0.538. The maximum absolute atomic E-state index is 4.95. The van der Waals surface area contributed by atoms with Crippen LogP contribution in [-0.4, -0.2) is 45.0 Å². The Morgan fingerprint density at radius 3 is 2.79 bits per heavy atom. The Hall–Kier alpha value is -3.15. The van der Waals surface area contributed by atoms with Gasteiger partial charge in [-0.25, -0.2) is 15.0 Å². The first-order chi connectivity index (χ1) is 14.2. The van der Waals surface area contributed by atoms with Crippen LogP contribution in [0.1, 0.15) is 31.4 Å². The highest BCUT2D eigenvalue weighted by Crippen LogP contribution is 2.34. The molecule has 3 aromatic rings. The van der Waals surface area contributed by atoms with Gasteiger partial charge in [0.2, 0.25) is 0 Å². The molecule has 1 aromatic carbocycles. The zero-order chi connectivity index (χ0) is 20.1. The average Bonchev–Trinajstić information content (AvgIpc) is 3.43. The molecule has 1 unspecified atom stereocenters. The molecule has 0 bridgehead atoms. The number of hydrogen-bond donors (Lipinski definition) is 1. The van der Waals surface area contributed by atoms with E-state index in [9.17, 15) is 0 Å². The molecule has 0 saturated carbocycles. The standard InChI is InChI=1S/C23H28N6/c1-3-25-22(28-14-11-23(2,17-28)20-9-5-4-6-10-20)27-16-19-8-7-12-26-21(19)29-15-13-24-18-29/h4-10,12-13,15,18H,3,11,14,16-17H2,1-2H3,(H,25,27). The summed E-state index contributed by atoms with van der Waals surface area (Å²) in [5.74, 6) is 1.84.